The van der Waals surface area contributed by atoms with Gasteiger partial charge in [0, 0.05) is 18.0 Å². The molecule has 0 aliphatic heterocycles. The number of anilines is 3. The van der Waals surface area contributed by atoms with E-state index in [1.54, 1.807) is 7.05 Å². The molecular formula is C17H20N4. The molecule has 0 fully saturated rings. The van der Waals surface area contributed by atoms with Crippen molar-refractivity contribution in [3.8, 4) is 0 Å². The first-order chi connectivity index (χ1) is 10.2. The van der Waals surface area contributed by atoms with Crippen LogP contribution in [0.2, 0.25) is 0 Å². The summed E-state index contributed by atoms with van der Waals surface area (Å²) >= 11 is 0. The second kappa shape index (κ2) is 7.24. The standard InChI is InChI=1S/C17H20N4/c1-4-5-7-12-15-13(2)19-17(18-3)21-16(15)20-14-10-8-6-9-11-14/h5-12H,2,4H2,1,3H3,(H2,18,19,20,21)/b7-5-,15-12+. The van der Waals surface area contributed by atoms with Crippen LogP contribution in [0.15, 0.2) is 42.5 Å². The largest absolute Gasteiger partial charge is 0.357 e. The molecule has 2 rings (SSSR count). The number of hydrogen-bond donors (Lipinski definition) is 2. The van der Waals surface area contributed by atoms with Crippen LogP contribution < -0.4 is 21.2 Å². The summed E-state index contributed by atoms with van der Waals surface area (Å²) < 4.78 is 0. The van der Waals surface area contributed by atoms with Gasteiger partial charge in [-0.05, 0) is 24.6 Å². The predicted molar refractivity (Wildman–Crippen MR) is 90.0 cm³/mol. The van der Waals surface area contributed by atoms with Gasteiger partial charge in [0.25, 0.3) is 0 Å². The normalized spacial score (nSPS) is 11.8. The van der Waals surface area contributed by atoms with Crippen LogP contribution >= 0.6 is 0 Å². The van der Waals surface area contributed by atoms with Crippen molar-refractivity contribution in [3.05, 3.63) is 53.1 Å². The Kier molecular flexibility index (Phi) is 5.10. The molecule has 0 atom stereocenters. The zero-order chi connectivity index (χ0) is 15.1. The van der Waals surface area contributed by atoms with Crippen LogP contribution in [0.4, 0.5) is 17.5 Å². The van der Waals surface area contributed by atoms with Gasteiger partial charge in [-0.15, -0.1) is 0 Å². The first-order valence-corrected chi connectivity index (χ1v) is 6.98. The molecule has 1 aromatic heterocycles. The number of para-hydroxylation sites is 1. The SMILES string of the molecule is C=c1nc(NC)nc(Nc2ccccc2)/c1=C/C=C\CC. The molecule has 0 spiro atoms. The lowest BCUT2D eigenvalue weighted by Crippen LogP contribution is -2.31. The molecule has 4 nitrogen and oxygen atoms in total. The maximum Gasteiger partial charge on any atom is 0.224 e. The van der Waals surface area contributed by atoms with E-state index >= 15 is 0 Å². The molecule has 1 heterocycles. The van der Waals surface area contributed by atoms with Gasteiger partial charge in [0.2, 0.25) is 5.95 Å². The molecule has 0 saturated carbocycles. The number of nitrogens with zero attached hydrogens (tertiary/aromatic N) is 2. The van der Waals surface area contributed by atoms with Gasteiger partial charge in [0.05, 0.1) is 5.35 Å². The maximum absolute atomic E-state index is 4.49. The van der Waals surface area contributed by atoms with E-state index in [-0.39, 0.29) is 0 Å². The molecule has 108 valence electrons. The first kappa shape index (κ1) is 14.8. The summed E-state index contributed by atoms with van der Waals surface area (Å²) in [6.07, 6.45) is 7.05. The van der Waals surface area contributed by atoms with Crippen LogP contribution in [0.5, 0.6) is 0 Å². The summed E-state index contributed by atoms with van der Waals surface area (Å²) in [5, 5.41) is 7.85. The molecule has 1 aromatic carbocycles. The Labute approximate surface area is 125 Å². The Hall–Kier alpha value is -2.62. The Morgan fingerprint density at radius 3 is 2.62 bits per heavy atom. The summed E-state index contributed by atoms with van der Waals surface area (Å²) in [5.74, 6) is 1.29. The minimum Gasteiger partial charge on any atom is -0.357 e. The number of allylic oxidation sites excluding steroid dienone is 2. The van der Waals surface area contributed by atoms with Crippen LogP contribution in [-0.2, 0) is 0 Å². The van der Waals surface area contributed by atoms with Crippen molar-refractivity contribution in [2.75, 3.05) is 17.7 Å². The average Bonchev–Trinajstić information content (AvgIpc) is 2.50. The van der Waals surface area contributed by atoms with Gasteiger partial charge in [0.1, 0.15) is 5.82 Å². The van der Waals surface area contributed by atoms with E-state index in [0.717, 1.165) is 23.1 Å². The zero-order valence-corrected chi connectivity index (χ0v) is 12.4. The molecule has 21 heavy (non-hydrogen) atoms. The van der Waals surface area contributed by atoms with Crippen LogP contribution in [0.25, 0.3) is 12.7 Å². The highest BCUT2D eigenvalue weighted by Crippen LogP contribution is 2.10. The van der Waals surface area contributed by atoms with Gasteiger partial charge in [-0.25, -0.2) is 4.98 Å². The van der Waals surface area contributed by atoms with E-state index in [2.05, 4.69) is 40.2 Å². The fourth-order valence-corrected chi connectivity index (χ4v) is 1.86. The van der Waals surface area contributed by atoms with E-state index < -0.39 is 0 Å². The Morgan fingerprint density at radius 2 is 1.95 bits per heavy atom. The summed E-state index contributed by atoms with van der Waals surface area (Å²) in [6, 6.07) is 9.93. The maximum atomic E-state index is 4.49. The van der Waals surface area contributed by atoms with Gasteiger partial charge in [0.15, 0.2) is 0 Å². The van der Waals surface area contributed by atoms with Gasteiger partial charge in [-0.3, -0.25) is 0 Å². The van der Waals surface area contributed by atoms with Gasteiger partial charge in [-0.1, -0.05) is 43.9 Å². The summed E-state index contributed by atoms with van der Waals surface area (Å²) in [7, 11) is 1.79. The fraction of sp³-hybridized carbons (Fsp3) is 0.176. The van der Waals surface area contributed by atoms with Crippen molar-refractivity contribution in [1.82, 2.24) is 9.97 Å². The third-order valence-electron chi connectivity index (χ3n) is 2.92. The Balaban J connectivity index is 2.50. The summed E-state index contributed by atoms with van der Waals surface area (Å²) in [4.78, 5) is 8.82. The number of hydrogen-bond acceptors (Lipinski definition) is 4. The highest BCUT2D eigenvalue weighted by molar-refractivity contribution is 5.60. The lowest BCUT2D eigenvalue weighted by molar-refractivity contribution is 1.10. The topological polar surface area (TPSA) is 49.8 Å². The van der Waals surface area contributed by atoms with Crippen molar-refractivity contribution in [1.29, 1.82) is 0 Å². The van der Waals surface area contributed by atoms with Crippen molar-refractivity contribution in [2.45, 2.75) is 13.3 Å². The van der Waals surface area contributed by atoms with E-state index in [1.165, 1.54) is 0 Å². The van der Waals surface area contributed by atoms with Crippen LogP contribution in [-0.4, -0.2) is 17.0 Å². The lowest BCUT2D eigenvalue weighted by atomic mass is 10.3. The average molecular weight is 280 g/mol. The zero-order valence-electron chi connectivity index (χ0n) is 12.4. The summed E-state index contributed by atoms with van der Waals surface area (Å²) in [5.41, 5.74) is 0.978. The van der Waals surface area contributed by atoms with Crippen molar-refractivity contribution in [3.63, 3.8) is 0 Å². The van der Waals surface area contributed by atoms with Crippen LogP contribution in [0.1, 0.15) is 13.3 Å². The fourth-order valence-electron chi connectivity index (χ4n) is 1.86. The van der Waals surface area contributed by atoms with Crippen molar-refractivity contribution >= 4 is 30.1 Å². The smallest absolute Gasteiger partial charge is 0.224 e. The lowest BCUT2D eigenvalue weighted by Gasteiger charge is -2.08. The molecule has 2 aromatic rings. The van der Waals surface area contributed by atoms with E-state index in [0.29, 0.717) is 11.3 Å². The second-order valence-electron chi connectivity index (χ2n) is 4.50. The number of benzene rings is 1. The molecule has 0 saturated heterocycles. The van der Waals surface area contributed by atoms with E-state index in [1.807, 2.05) is 42.5 Å². The van der Waals surface area contributed by atoms with Crippen LogP contribution in [0.3, 0.4) is 0 Å². The molecular weight excluding hydrogens is 260 g/mol. The molecule has 0 radical (unpaired) electrons. The van der Waals surface area contributed by atoms with Gasteiger partial charge < -0.3 is 10.6 Å². The molecule has 0 aliphatic carbocycles. The van der Waals surface area contributed by atoms with Gasteiger partial charge in [-0.2, -0.15) is 4.98 Å². The number of rotatable bonds is 5. The highest BCUT2D eigenvalue weighted by atomic mass is 15.1. The molecule has 0 amide bonds. The third kappa shape index (κ3) is 3.92. The highest BCUT2D eigenvalue weighted by Gasteiger charge is 2.03. The van der Waals surface area contributed by atoms with E-state index in [4.69, 9.17) is 0 Å². The number of nitrogens with one attached hydrogen (secondary N) is 2. The molecule has 0 bridgehead atoms. The van der Waals surface area contributed by atoms with Crippen molar-refractivity contribution < 1.29 is 0 Å². The number of aromatic nitrogens is 2. The molecule has 4 heteroatoms. The Morgan fingerprint density at radius 1 is 1.19 bits per heavy atom. The van der Waals surface area contributed by atoms with E-state index in [9.17, 15) is 0 Å². The molecule has 2 N–H and O–H groups in total. The van der Waals surface area contributed by atoms with Gasteiger partial charge >= 0.3 is 0 Å². The predicted octanol–water partition coefficient (Wildman–Crippen LogP) is 2.42. The van der Waals surface area contributed by atoms with Crippen molar-refractivity contribution in [2.24, 2.45) is 0 Å². The first-order valence-electron chi connectivity index (χ1n) is 6.98. The minimum atomic E-state index is 0.551. The summed E-state index contributed by atoms with van der Waals surface area (Å²) in [6.45, 7) is 6.11. The quantitative estimate of drug-likeness (QED) is 0.883. The van der Waals surface area contributed by atoms with Crippen LogP contribution in [0, 0.1) is 0 Å². The second-order valence-corrected chi connectivity index (χ2v) is 4.50. The minimum absolute atomic E-state index is 0.551. The molecule has 0 aliphatic rings. The Bertz CT molecular complexity index is 720. The third-order valence-corrected chi connectivity index (χ3v) is 2.92. The monoisotopic (exact) mass is 280 g/mol. The molecule has 0 unspecified atom stereocenters.